The first-order chi connectivity index (χ1) is 10.5. The van der Waals surface area contributed by atoms with E-state index < -0.39 is 6.09 Å². The van der Waals surface area contributed by atoms with E-state index in [4.69, 9.17) is 4.74 Å². The number of methoxy groups -OCH3 is 1. The number of carbonyl (C=O) groups is 2. The quantitative estimate of drug-likeness (QED) is 0.790. The Bertz CT molecular complexity index is 680. The molecule has 1 aromatic heterocycles. The molecule has 1 amide bonds. The summed E-state index contributed by atoms with van der Waals surface area (Å²) in [6, 6.07) is 5.21. The molecular formula is C15H19N3O4. The summed E-state index contributed by atoms with van der Waals surface area (Å²) in [5.41, 5.74) is 1.57. The highest BCUT2D eigenvalue weighted by atomic mass is 16.6. The molecule has 0 N–H and O–H groups in total. The summed E-state index contributed by atoms with van der Waals surface area (Å²) in [4.78, 5) is 28.7. The van der Waals surface area contributed by atoms with Crippen molar-refractivity contribution in [2.45, 2.75) is 19.9 Å². The second kappa shape index (κ2) is 6.93. The highest BCUT2D eigenvalue weighted by Gasteiger charge is 2.11. The summed E-state index contributed by atoms with van der Waals surface area (Å²) in [5.74, 6) is 0.159. The molecule has 0 spiro atoms. The summed E-state index contributed by atoms with van der Waals surface area (Å²) < 4.78 is 11.8. The van der Waals surface area contributed by atoms with Crippen LogP contribution in [0, 0.1) is 0 Å². The molecule has 0 bridgehead atoms. The van der Waals surface area contributed by atoms with Crippen LogP contribution in [0.2, 0.25) is 0 Å². The molecule has 1 aromatic carbocycles. The fourth-order valence-electron chi connectivity index (χ4n) is 1.90. The molecule has 0 unspecified atom stereocenters. The number of benzene rings is 1. The monoisotopic (exact) mass is 305 g/mol. The second-order valence-electron chi connectivity index (χ2n) is 4.80. The van der Waals surface area contributed by atoms with E-state index in [0.29, 0.717) is 18.8 Å². The Hall–Kier alpha value is -2.57. The van der Waals surface area contributed by atoms with Gasteiger partial charge in [-0.2, -0.15) is 0 Å². The van der Waals surface area contributed by atoms with Crippen molar-refractivity contribution in [3.63, 3.8) is 0 Å². The van der Waals surface area contributed by atoms with Crippen molar-refractivity contribution in [3.8, 4) is 5.75 Å². The van der Waals surface area contributed by atoms with Crippen molar-refractivity contribution in [3.05, 3.63) is 24.5 Å². The van der Waals surface area contributed by atoms with Gasteiger partial charge >= 0.3 is 12.1 Å². The minimum Gasteiger partial charge on any atom is -0.469 e. The van der Waals surface area contributed by atoms with Gasteiger partial charge in [0.05, 0.1) is 30.9 Å². The molecule has 0 saturated heterocycles. The molecule has 0 fully saturated rings. The third-order valence-electron chi connectivity index (χ3n) is 3.37. The number of amides is 1. The zero-order chi connectivity index (χ0) is 16.1. The molecule has 0 aliphatic heterocycles. The van der Waals surface area contributed by atoms with Crippen molar-refractivity contribution in [1.29, 1.82) is 0 Å². The summed E-state index contributed by atoms with van der Waals surface area (Å²) in [5, 5.41) is 0. The number of hydrogen-bond donors (Lipinski definition) is 0. The third-order valence-corrected chi connectivity index (χ3v) is 3.37. The van der Waals surface area contributed by atoms with Crippen LogP contribution in [0.15, 0.2) is 24.5 Å². The van der Waals surface area contributed by atoms with Crippen LogP contribution in [0.25, 0.3) is 11.0 Å². The van der Waals surface area contributed by atoms with Crippen LogP contribution in [-0.4, -0.2) is 47.2 Å². The molecule has 0 saturated carbocycles. The van der Waals surface area contributed by atoms with Crippen LogP contribution in [0.4, 0.5) is 4.79 Å². The zero-order valence-electron chi connectivity index (χ0n) is 12.9. The van der Waals surface area contributed by atoms with E-state index in [-0.39, 0.29) is 12.4 Å². The molecule has 22 heavy (non-hydrogen) atoms. The molecule has 118 valence electrons. The maximum Gasteiger partial charge on any atom is 0.414 e. The normalized spacial score (nSPS) is 10.5. The zero-order valence-corrected chi connectivity index (χ0v) is 12.9. The van der Waals surface area contributed by atoms with E-state index >= 15 is 0 Å². The van der Waals surface area contributed by atoms with Gasteiger partial charge in [-0.05, 0) is 19.1 Å². The molecule has 7 heteroatoms. The number of ether oxygens (including phenoxy) is 2. The van der Waals surface area contributed by atoms with Gasteiger partial charge in [-0.25, -0.2) is 9.78 Å². The largest absolute Gasteiger partial charge is 0.469 e. The molecule has 0 aliphatic rings. The summed E-state index contributed by atoms with van der Waals surface area (Å²) in [6.45, 7) is 2.89. The van der Waals surface area contributed by atoms with Crippen molar-refractivity contribution in [2.24, 2.45) is 0 Å². The number of aromatic nitrogens is 2. The number of aryl methyl sites for hydroxylation is 1. The van der Waals surface area contributed by atoms with Crippen molar-refractivity contribution in [1.82, 2.24) is 14.5 Å². The number of fused-ring (bicyclic) bond motifs is 1. The van der Waals surface area contributed by atoms with E-state index in [1.807, 2.05) is 11.5 Å². The van der Waals surface area contributed by atoms with Gasteiger partial charge in [0.25, 0.3) is 0 Å². The van der Waals surface area contributed by atoms with Gasteiger partial charge in [0.1, 0.15) is 5.75 Å². The lowest BCUT2D eigenvalue weighted by molar-refractivity contribution is -0.140. The number of nitrogens with zero attached hydrogens (tertiary/aromatic N) is 3. The summed E-state index contributed by atoms with van der Waals surface area (Å²) in [7, 11) is 3.03. The van der Waals surface area contributed by atoms with Gasteiger partial charge in [-0.1, -0.05) is 0 Å². The Morgan fingerprint density at radius 1 is 1.36 bits per heavy atom. The van der Waals surface area contributed by atoms with Gasteiger partial charge in [0.2, 0.25) is 0 Å². The molecule has 2 aromatic rings. The second-order valence-corrected chi connectivity index (χ2v) is 4.80. The van der Waals surface area contributed by atoms with E-state index in [1.54, 1.807) is 31.6 Å². The lowest BCUT2D eigenvalue weighted by Gasteiger charge is -2.14. The van der Waals surface area contributed by atoms with Crippen LogP contribution in [0.5, 0.6) is 5.75 Å². The molecule has 0 atom stereocenters. The van der Waals surface area contributed by atoms with Crippen LogP contribution in [-0.2, 0) is 16.1 Å². The lowest BCUT2D eigenvalue weighted by atomic mass is 10.3. The predicted molar refractivity (Wildman–Crippen MR) is 80.7 cm³/mol. The van der Waals surface area contributed by atoms with Gasteiger partial charge < -0.3 is 18.9 Å². The number of hydrogen-bond acceptors (Lipinski definition) is 5. The number of rotatable bonds is 5. The van der Waals surface area contributed by atoms with E-state index in [1.165, 1.54) is 12.0 Å². The Balaban J connectivity index is 2.17. The summed E-state index contributed by atoms with van der Waals surface area (Å²) in [6.07, 6.45) is 1.49. The highest BCUT2D eigenvalue weighted by Crippen LogP contribution is 2.21. The van der Waals surface area contributed by atoms with Crippen molar-refractivity contribution >= 4 is 23.1 Å². The first-order valence-corrected chi connectivity index (χ1v) is 6.99. The Morgan fingerprint density at radius 2 is 2.14 bits per heavy atom. The molecule has 0 aliphatic carbocycles. The number of esters is 1. The molecule has 1 heterocycles. The molecular weight excluding hydrogens is 286 g/mol. The van der Waals surface area contributed by atoms with E-state index in [0.717, 1.165) is 11.0 Å². The predicted octanol–water partition coefficient (Wildman–Crippen LogP) is 2.05. The first kappa shape index (κ1) is 15.8. The minimum absolute atomic E-state index is 0.255. The van der Waals surface area contributed by atoms with Crippen molar-refractivity contribution in [2.75, 3.05) is 20.7 Å². The Kier molecular flexibility index (Phi) is 4.98. The minimum atomic E-state index is -0.414. The highest BCUT2D eigenvalue weighted by molar-refractivity contribution is 5.79. The maximum absolute atomic E-state index is 11.8. The standard InChI is InChI=1S/C15H19N3O4/c1-4-17(2)15(20)22-11-5-6-12-13(9-11)18(10-16-12)8-7-14(19)21-3/h5-6,9-10H,4,7-8H2,1-3H3. The van der Waals surface area contributed by atoms with E-state index in [9.17, 15) is 9.59 Å². The lowest BCUT2D eigenvalue weighted by Crippen LogP contribution is -2.29. The van der Waals surface area contributed by atoms with Crippen LogP contribution in [0.3, 0.4) is 0 Å². The first-order valence-electron chi connectivity index (χ1n) is 6.99. The molecule has 2 rings (SSSR count). The fraction of sp³-hybridized carbons (Fsp3) is 0.400. The average Bonchev–Trinajstić information content (AvgIpc) is 2.94. The van der Waals surface area contributed by atoms with Crippen molar-refractivity contribution < 1.29 is 19.1 Å². The van der Waals surface area contributed by atoms with Crippen LogP contribution >= 0.6 is 0 Å². The third kappa shape index (κ3) is 3.55. The van der Waals surface area contributed by atoms with Gasteiger partial charge in [-0.15, -0.1) is 0 Å². The SMILES string of the molecule is CCN(C)C(=O)Oc1ccc2ncn(CCC(=O)OC)c2c1. The van der Waals surface area contributed by atoms with E-state index in [2.05, 4.69) is 9.72 Å². The van der Waals surface area contributed by atoms with Gasteiger partial charge in [0.15, 0.2) is 0 Å². The summed E-state index contributed by atoms with van der Waals surface area (Å²) >= 11 is 0. The Labute approximate surface area is 128 Å². The van der Waals surface area contributed by atoms with Gasteiger partial charge in [0, 0.05) is 26.2 Å². The topological polar surface area (TPSA) is 73.7 Å². The van der Waals surface area contributed by atoms with Crippen LogP contribution in [0.1, 0.15) is 13.3 Å². The maximum atomic E-state index is 11.8. The smallest absolute Gasteiger partial charge is 0.414 e. The number of carbonyl (C=O) groups excluding carboxylic acids is 2. The van der Waals surface area contributed by atoms with Crippen LogP contribution < -0.4 is 4.74 Å². The molecule has 0 radical (unpaired) electrons. The van der Waals surface area contributed by atoms with Gasteiger partial charge in [-0.3, -0.25) is 4.79 Å². The fourth-order valence-corrected chi connectivity index (χ4v) is 1.90. The average molecular weight is 305 g/mol. The molecule has 7 nitrogen and oxygen atoms in total. The number of imidazole rings is 1. The Morgan fingerprint density at radius 3 is 2.82 bits per heavy atom.